The van der Waals surface area contributed by atoms with E-state index in [-0.39, 0.29) is 12.8 Å². The van der Waals surface area contributed by atoms with Gasteiger partial charge in [0.25, 0.3) is 0 Å². The molecule has 196 valence electrons. The number of nitrogens with zero attached hydrogens (tertiary/aromatic N) is 1. The molecule has 1 fully saturated rings. The van der Waals surface area contributed by atoms with Crippen LogP contribution in [-0.2, 0) is 9.59 Å². The number of hydrogen-bond acceptors (Lipinski definition) is 3. The number of carboxylic acid groups (broad SMARTS) is 1. The number of carbonyl (C=O) groups excluding carboxylic acids is 1. The fraction of sp³-hybridized carbons (Fsp3) is 0.462. The third-order valence-electron chi connectivity index (χ3n) is 7.08. The van der Waals surface area contributed by atoms with Crippen LogP contribution in [0.3, 0.4) is 0 Å². The van der Waals surface area contributed by atoms with Gasteiger partial charge in [-0.15, -0.1) is 0 Å². The van der Waals surface area contributed by atoms with Gasteiger partial charge < -0.3 is 15.1 Å². The Hall–Kier alpha value is -2.29. The molecule has 2 N–H and O–H groups in total. The van der Waals surface area contributed by atoms with Crippen molar-refractivity contribution in [2.75, 3.05) is 0 Å². The smallest absolute Gasteiger partial charge is 0.418 e. The number of aliphatic carboxylic acids is 1. The molecular formula is C26H28Cl2F3NO4. The van der Waals surface area contributed by atoms with Crippen LogP contribution in [0.15, 0.2) is 48.5 Å². The number of aliphatic hydroxyl groups is 1. The van der Waals surface area contributed by atoms with Crippen molar-refractivity contribution in [3.05, 3.63) is 69.7 Å². The number of likely N-dealkylation sites (tertiary alicyclic amines) is 1. The zero-order chi connectivity index (χ0) is 27.1. The Labute approximate surface area is 217 Å². The first-order chi connectivity index (χ1) is 16.6. The van der Waals surface area contributed by atoms with Gasteiger partial charge in [-0.05, 0) is 55.2 Å². The first-order valence-electron chi connectivity index (χ1n) is 11.5. The van der Waals surface area contributed by atoms with E-state index in [1.165, 1.54) is 13.8 Å². The second-order valence-electron chi connectivity index (χ2n) is 9.77. The van der Waals surface area contributed by atoms with Crippen molar-refractivity contribution in [2.24, 2.45) is 5.41 Å². The zero-order valence-electron chi connectivity index (χ0n) is 20.0. The van der Waals surface area contributed by atoms with Gasteiger partial charge in [0.2, 0.25) is 5.91 Å². The summed E-state index contributed by atoms with van der Waals surface area (Å²) in [5.41, 5.74) is -3.65. The number of hydrogen-bond donors (Lipinski definition) is 2. The average molecular weight is 546 g/mol. The Balaban J connectivity index is 2.33. The minimum atomic E-state index is -5.05. The molecule has 0 aliphatic carbocycles. The van der Waals surface area contributed by atoms with E-state index in [0.29, 0.717) is 28.1 Å². The van der Waals surface area contributed by atoms with Crippen LogP contribution in [0.4, 0.5) is 13.2 Å². The lowest BCUT2D eigenvalue weighted by atomic mass is 9.66. The molecule has 1 heterocycles. The maximum Gasteiger partial charge on any atom is 0.418 e. The van der Waals surface area contributed by atoms with E-state index in [1.807, 2.05) is 0 Å². The Morgan fingerprint density at radius 1 is 1.14 bits per heavy atom. The normalized spacial score (nSPS) is 25.4. The van der Waals surface area contributed by atoms with Crippen LogP contribution >= 0.6 is 23.2 Å². The van der Waals surface area contributed by atoms with Gasteiger partial charge in [-0.25, -0.2) is 0 Å². The van der Waals surface area contributed by atoms with Crippen LogP contribution in [0, 0.1) is 5.41 Å². The monoisotopic (exact) mass is 545 g/mol. The molecule has 0 radical (unpaired) electrons. The van der Waals surface area contributed by atoms with Crippen LogP contribution in [0.5, 0.6) is 0 Å². The van der Waals surface area contributed by atoms with Gasteiger partial charge in [0.1, 0.15) is 0 Å². The number of rotatable bonds is 7. The molecule has 1 aliphatic rings. The number of piperidine rings is 1. The fourth-order valence-corrected chi connectivity index (χ4v) is 5.60. The molecule has 0 saturated carbocycles. The van der Waals surface area contributed by atoms with E-state index in [1.54, 1.807) is 48.5 Å². The highest BCUT2D eigenvalue weighted by molar-refractivity contribution is 6.30. The lowest BCUT2D eigenvalue weighted by Gasteiger charge is -2.54. The Morgan fingerprint density at radius 3 is 2.25 bits per heavy atom. The molecule has 0 aromatic heterocycles. The SMILES string of the molecule is CCC(N1C(=O)C(C)(CC(=O)O)CC(c2cccc(Cl)c2)C1c1ccc(Cl)cc1)C(C)(O)C(F)(F)F. The number of carbonyl (C=O) groups is 2. The van der Waals surface area contributed by atoms with E-state index in [0.717, 1.165) is 4.90 Å². The predicted molar refractivity (Wildman–Crippen MR) is 131 cm³/mol. The van der Waals surface area contributed by atoms with Crippen LogP contribution < -0.4 is 0 Å². The summed E-state index contributed by atoms with van der Waals surface area (Å²) < 4.78 is 42.3. The van der Waals surface area contributed by atoms with E-state index in [4.69, 9.17) is 23.2 Å². The standard InChI is InChI=1S/C26H28Cl2F3NO4/c1-4-20(25(3,36)26(29,30)31)32-22(15-8-10-17(27)11-9-15)19(16-6-5-7-18(28)12-16)13-24(2,23(32)35)14-21(33)34/h5-12,19-20,22,36H,4,13-14H2,1-3H3,(H,33,34). The molecule has 10 heteroatoms. The highest BCUT2D eigenvalue weighted by atomic mass is 35.5. The molecule has 0 spiro atoms. The maximum absolute atomic E-state index is 14.1. The Morgan fingerprint density at radius 2 is 1.75 bits per heavy atom. The minimum absolute atomic E-state index is 0.0485. The quantitative estimate of drug-likeness (QED) is 0.409. The molecule has 5 unspecified atom stereocenters. The lowest BCUT2D eigenvalue weighted by molar-refractivity contribution is -0.277. The lowest BCUT2D eigenvalue weighted by Crippen LogP contribution is -2.65. The van der Waals surface area contributed by atoms with Crippen molar-refractivity contribution in [3.8, 4) is 0 Å². The summed E-state index contributed by atoms with van der Waals surface area (Å²) in [4.78, 5) is 26.8. The molecule has 5 atom stereocenters. The summed E-state index contributed by atoms with van der Waals surface area (Å²) >= 11 is 12.3. The van der Waals surface area contributed by atoms with Crippen molar-refractivity contribution in [3.63, 3.8) is 0 Å². The third kappa shape index (κ3) is 5.36. The maximum atomic E-state index is 14.1. The number of halogens is 5. The van der Waals surface area contributed by atoms with E-state index in [2.05, 4.69) is 0 Å². The van der Waals surface area contributed by atoms with Crippen LogP contribution in [0.2, 0.25) is 10.0 Å². The summed E-state index contributed by atoms with van der Waals surface area (Å²) in [6, 6.07) is 10.5. The molecule has 0 bridgehead atoms. The third-order valence-corrected chi connectivity index (χ3v) is 7.56. The van der Waals surface area contributed by atoms with Crippen LogP contribution in [0.1, 0.15) is 63.1 Å². The summed E-state index contributed by atoms with van der Waals surface area (Å²) in [5.74, 6) is -2.64. The first-order valence-corrected chi connectivity index (χ1v) is 12.2. The Bertz CT molecular complexity index is 1120. The minimum Gasteiger partial charge on any atom is -0.481 e. The largest absolute Gasteiger partial charge is 0.481 e. The molecule has 1 amide bonds. The number of carboxylic acids is 1. The van der Waals surface area contributed by atoms with Crippen molar-refractivity contribution < 1.29 is 33.0 Å². The molecule has 2 aromatic rings. The first kappa shape index (κ1) is 28.3. The van der Waals surface area contributed by atoms with E-state index in [9.17, 15) is 33.0 Å². The van der Waals surface area contributed by atoms with Crippen LogP contribution in [0.25, 0.3) is 0 Å². The Kier molecular flexibility index (Phi) is 8.04. The van der Waals surface area contributed by atoms with Crippen molar-refractivity contribution >= 4 is 35.1 Å². The summed E-state index contributed by atoms with van der Waals surface area (Å²) in [6.07, 6.45) is -5.82. The number of benzene rings is 2. The zero-order valence-corrected chi connectivity index (χ0v) is 21.5. The van der Waals surface area contributed by atoms with Gasteiger partial charge >= 0.3 is 12.1 Å². The van der Waals surface area contributed by atoms with Gasteiger partial charge in [-0.2, -0.15) is 13.2 Å². The number of alkyl halides is 3. The summed E-state index contributed by atoms with van der Waals surface area (Å²) in [6.45, 7) is 3.54. The molecular weight excluding hydrogens is 518 g/mol. The highest BCUT2D eigenvalue weighted by Crippen LogP contribution is 2.54. The van der Waals surface area contributed by atoms with Gasteiger partial charge in [0, 0.05) is 16.0 Å². The summed E-state index contributed by atoms with van der Waals surface area (Å²) in [5, 5.41) is 21.2. The number of amides is 1. The fourth-order valence-electron chi connectivity index (χ4n) is 5.28. The van der Waals surface area contributed by atoms with Crippen molar-refractivity contribution in [1.82, 2.24) is 4.90 Å². The molecule has 3 rings (SSSR count). The average Bonchev–Trinajstić information content (AvgIpc) is 2.76. The van der Waals surface area contributed by atoms with Crippen molar-refractivity contribution in [1.29, 1.82) is 0 Å². The highest BCUT2D eigenvalue weighted by Gasteiger charge is 2.61. The second-order valence-corrected chi connectivity index (χ2v) is 10.6. The van der Waals surface area contributed by atoms with Gasteiger partial charge in [0.05, 0.1) is 23.9 Å². The molecule has 2 aromatic carbocycles. The molecule has 1 saturated heterocycles. The summed E-state index contributed by atoms with van der Waals surface area (Å²) in [7, 11) is 0. The van der Waals surface area contributed by atoms with Gasteiger partial charge in [0.15, 0.2) is 5.60 Å². The topological polar surface area (TPSA) is 77.8 Å². The predicted octanol–water partition coefficient (Wildman–Crippen LogP) is 6.62. The van der Waals surface area contributed by atoms with Crippen molar-refractivity contribution in [2.45, 2.75) is 69.8 Å². The molecule has 1 aliphatic heterocycles. The molecule has 36 heavy (non-hydrogen) atoms. The van der Waals surface area contributed by atoms with E-state index < -0.39 is 53.5 Å². The van der Waals surface area contributed by atoms with Gasteiger partial charge in [-0.1, -0.05) is 61.3 Å². The van der Waals surface area contributed by atoms with Gasteiger partial charge in [-0.3, -0.25) is 9.59 Å². The van der Waals surface area contributed by atoms with E-state index >= 15 is 0 Å². The van der Waals surface area contributed by atoms with Crippen LogP contribution in [-0.4, -0.2) is 44.8 Å². The molecule has 5 nitrogen and oxygen atoms in total. The second kappa shape index (κ2) is 10.2.